The fraction of sp³-hybridized carbons (Fsp3) is 0.250. The van der Waals surface area contributed by atoms with E-state index in [4.69, 9.17) is 18.6 Å². The van der Waals surface area contributed by atoms with Gasteiger partial charge in [-0.05, 0) is 50.2 Å². The molecule has 0 radical (unpaired) electrons. The molecule has 3 rings (SSSR count). The zero-order valence-corrected chi connectivity index (χ0v) is 15.7. The normalized spacial score (nSPS) is 10.4. The molecule has 0 aliphatic heterocycles. The highest BCUT2D eigenvalue weighted by molar-refractivity contribution is 5.92. The lowest BCUT2D eigenvalue weighted by molar-refractivity contribution is -0.118. The molecule has 1 N–H and O–H groups in total. The molecule has 8 nitrogen and oxygen atoms in total. The van der Waals surface area contributed by atoms with Crippen LogP contribution in [-0.4, -0.2) is 35.9 Å². The summed E-state index contributed by atoms with van der Waals surface area (Å²) < 4.78 is 21.7. The highest BCUT2D eigenvalue weighted by Gasteiger charge is 2.10. The van der Waals surface area contributed by atoms with Crippen molar-refractivity contribution in [2.75, 3.05) is 25.1 Å². The van der Waals surface area contributed by atoms with Crippen molar-refractivity contribution in [3.8, 4) is 28.7 Å². The standard InChI is InChI=1S/C20H21N3O5/c1-3-25-17-10-7-15(11-18(17)26-4-2)22-19(24)12-27-16-8-5-14(6-9-16)20-23-21-13-28-20/h5-11,13H,3-4,12H2,1-2H3,(H,22,24). The molecular weight excluding hydrogens is 362 g/mol. The molecule has 8 heteroatoms. The first-order chi connectivity index (χ1) is 13.7. The van der Waals surface area contributed by atoms with Crippen LogP contribution in [0.1, 0.15) is 13.8 Å². The van der Waals surface area contributed by atoms with E-state index in [9.17, 15) is 4.79 Å². The number of carbonyl (C=O) groups excluding carboxylic acids is 1. The van der Waals surface area contributed by atoms with Crippen LogP contribution in [-0.2, 0) is 4.79 Å². The smallest absolute Gasteiger partial charge is 0.262 e. The Kier molecular flexibility index (Phi) is 6.46. The molecule has 28 heavy (non-hydrogen) atoms. The van der Waals surface area contributed by atoms with Gasteiger partial charge < -0.3 is 23.9 Å². The Morgan fingerprint density at radius 3 is 2.43 bits per heavy atom. The largest absolute Gasteiger partial charge is 0.490 e. The number of benzene rings is 2. The number of ether oxygens (including phenoxy) is 3. The van der Waals surface area contributed by atoms with Crippen LogP contribution in [0.4, 0.5) is 5.69 Å². The van der Waals surface area contributed by atoms with Gasteiger partial charge in [-0.25, -0.2) is 0 Å². The van der Waals surface area contributed by atoms with E-state index >= 15 is 0 Å². The molecule has 0 aliphatic carbocycles. The van der Waals surface area contributed by atoms with E-state index < -0.39 is 0 Å². The van der Waals surface area contributed by atoms with Crippen LogP contribution in [0.3, 0.4) is 0 Å². The quantitative estimate of drug-likeness (QED) is 0.603. The maximum absolute atomic E-state index is 12.2. The molecule has 1 amide bonds. The van der Waals surface area contributed by atoms with E-state index in [-0.39, 0.29) is 12.5 Å². The predicted octanol–water partition coefficient (Wildman–Crippen LogP) is 3.55. The van der Waals surface area contributed by atoms with Crippen LogP contribution in [0.2, 0.25) is 0 Å². The maximum Gasteiger partial charge on any atom is 0.262 e. The third-order valence-electron chi connectivity index (χ3n) is 3.66. The molecule has 146 valence electrons. The Balaban J connectivity index is 1.56. The summed E-state index contributed by atoms with van der Waals surface area (Å²) in [6.07, 6.45) is 1.27. The molecular formula is C20H21N3O5. The second-order valence-electron chi connectivity index (χ2n) is 5.63. The van der Waals surface area contributed by atoms with Crippen LogP contribution in [0.25, 0.3) is 11.5 Å². The summed E-state index contributed by atoms with van der Waals surface area (Å²) in [5.74, 6) is 1.91. The number of anilines is 1. The Labute approximate surface area is 162 Å². The van der Waals surface area contributed by atoms with E-state index in [1.807, 2.05) is 13.8 Å². The summed E-state index contributed by atoms with van der Waals surface area (Å²) in [7, 11) is 0. The van der Waals surface area contributed by atoms with E-state index in [1.165, 1.54) is 6.39 Å². The average Bonchev–Trinajstić information content (AvgIpc) is 3.24. The van der Waals surface area contributed by atoms with Gasteiger partial charge in [-0.1, -0.05) is 0 Å². The monoisotopic (exact) mass is 383 g/mol. The molecule has 1 heterocycles. The maximum atomic E-state index is 12.2. The minimum atomic E-state index is -0.285. The van der Waals surface area contributed by atoms with Gasteiger partial charge in [-0.3, -0.25) is 4.79 Å². The first-order valence-corrected chi connectivity index (χ1v) is 8.88. The second kappa shape index (κ2) is 9.40. The van der Waals surface area contributed by atoms with Crippen molar-refractivity contribution in [2.45, 2.75) is 13.8 Å². The summed E-state index contributed by atoms with van der Waals surface area (Å²) >= 11 is 0. The van der Waals surface area contributed by atoms with Gasteiger partial charge in [0.2, 0.25) is 12.3 Å². The van der Waals surface area contributed by atoms with Gasteiger partial charge >= 0.3 is 0 Å². The molecule has 0 saturated carbocycles. The predicted molar refractivity (Wildman–Crippen MR) is 103 cm³/mol. The number of rotatable bonds is 9. The topological polar surface area (TPSA) is 95.7 Å². The Bertz CT molecular complexity index is 895. The summed E-state index contributed by atoms with van der Waals surface area (Å²) in [5.41, 5.74) is 1.37. The summed E-state index contributed by atoms with van der Waals surface area (Å²) in [5, 5.41) is 10.3. The molecule has 0 aliphatic rings. The number of amides is 1. The van der Waals surface area contributed by atoms with Crippen LogP contribution in [0.5, 0.6) is 17.2 Å². The Morgan fingerprint density at radius 1 is 1.00 bits per heavy atom. The van der Waals surface area contributed by atoms with Gasteiger partial charge in [0.05, 0.1) is 13.2 Å². The first kappa shape index (κ1) is 19.2. The highest BCUT2D eigenvalue weighted by Crippen LogP contribution is 2.30. The van der Waals surface area contributed by atoms with Crippen molar-refractivity contribution >= 4 is 11.6 Å². The van der Waals surface area contributed by atoms with Crippen molar-refractivity contribution < 1.29 is 23.4 Å². The van der Waals surface area contributed by atoms with Gasteiger partial charge in [0.15, 0.2) is 18.1 Å². The molecule has 0 atom stereocenters. The molecule has 0 bridgehead atoms. The van der Waals surface area contributed by atoms with Crippen LogP contribution in [0, 0.1) is 0 Å². The molecule has 0 spiro atoms. The van der Waals surface area contributed by atoms with Crippen molar-refractivity contribution in [3.63, 3.8) is 0 Å². The van der Waals surface area contributed by atoms with Crippen molar-refractivity contribution in [3.05, 3.63) is 48.9 Å². The van der Waals surface area contributed by atoms with Gasteiger partial charge in [0, 0.05) is 17.3 Å². The fourth-order valence-electron chi connectivity index (χ4n) is 2.47. The minimum absolute atomic E-state index is 0.128. The van der Waals surface area contributed by atoms with Crippen LogP contribution in [0.15, 0.2) is 53.3 Å². The Morgan fingerprint density at radius 2 is 1.75 bits per heavy atom. The molecule has 0 unspecified atom stereocenters. The van der Waals surface area contributed by atoms with E-state index in [1.54, 1.807) is 42.5 Å². The zero-order chi connectivity index (χ0) is 19.8. The molecule has 0 saturated heterocycles. The molecule has 0 fully saturated rings. The summed E-state index contributed by atoms with van der Waals surface area (Å²) in [6.45, 7) is 4.69. The number of nitrogens with one attached hydrogen (secondary N) is 1. The van der Waals surface area contributed by atoms with Crippen molar-refractivity contribution in [2.24, 2.45) is 0 Å². The van der Waals surface area contributed by atoms with E-state index in [0.29, 0.717) is 42.0 Å². The van der Waals surface area contributed by atoms with Crippen LogP contribution < -0.4 is 19.5 Å². The van der Waals surface area contributed by atoms with Gasteiger partial charge in [-0.2, -0.15) is 0 Å². The average molecular weight is 383 g/mol. The third kappa shape index (κ3) is 5.00. The number of hydrogen-bond donors (Lipinski definition) is 1. The summed E-state index contributed by atoms with van der Waals surface area (Å²) in [6, 6.07) is 12.3. The Hall–Kier alpha value is -3.55. The lowest BCUT2D eigenvalue weighted by Gasteiger charge is -2.13. The zero-order valence-electron chi connectivity index (χ0n) is 15.7. The minimum Gasteiger partial charge on any atom is -0.490 e. The SMILES string of the molecule is CCOc1ccc(NC(=O)COc2ccc(-c3nnco3)cc2)cc1OCC. The van der Waals surface area contributed by atoms with Gasteiger partial charge in [-0.15, -0.1) is 10.2 Å². The second-order valence-corrected chi connectivity index (χ2v) is 5.63. The number of carbonyl (C=O) groups is 1. The molecule has 3 aromatic rings. The van der Waals surface area contributed by atoms with Crippen LogP contribution >= 0.6 is 0 Å². The van der Waals surface area contributed by atoms with E-state index in [0.717, 1.165) is 5.56 Å². The lowest BCUT2D eigenvalue weighted by Crippen LogP contribution is -2.20. The number of nitrogens with zero attached hydrogens (tertiary/aromatic N) is 2. The molecule has 2 aromatic carbocycles. The number of hydrogen-bond acceptors (Lipinski definition) is 7. The fourth-order valence-corrected chi connectivity index (χ4v) is 2.47. The first-order valence-electron chi connectivity index (χ1n) is 8.88. The summed E-state index contributed by atoms with van der Waals surface area (Å²) in [4.78, 5) is 12.2. The van der Waals surface area contributed by atoms with Gasteiger partial charge in [0.1, 0.15) is 5.75 Å². The van der Waals surface area contributed by atoms with E-state index in [2.05, 4.69) is 15.5 Å². The van der Waals surface area contributed by atoms with Gasteiger partial charge in [0.25, 0.3) is 5.91 Å². The van der Waals surface area contributed by atoms with Crippen molar-refractivity contribution in [1.29, 1.82) is 0 Å². The lowest BCUT2D eigenvalue weighted by atomic mass is 10.2. The third-order valence-corrected chi connectivity index (χ3v) is 3.66. The molecule has 1 aromatic heterocycles. The number of aromatic nitrogens is 2. The highest BCUT2D eigenvalue weighted by atomic mass is 16.5. The van der Waals surface area contributed by atoms with Crippen molar-refractivity contribution in [1.82, 2.24) is 10.2 Å².